The number of nitrogens with one attached hydrogen (secondary N) is 1. The van der Waals surface area contributed by atoms with E-state index in [9.17, 15) is 9.50 Å². The molecule has 1 aliphatic carbocycles. The summed E-state index contributed by atoms with van der Waals surface area (Å²) in [6, 6.07) is 4.33. The molecule has 1 fully saturated rings. The summed E-state index contributed by atoms with van der Waals surface area (Å²) in [5.74, 6) is -0.456. The van der Waals surface area contributed by atoms with Crippen molar-refractivity contribution in [2.45, 2.75) is 31.4 Å². The zero-order valence-corrected chi connectivity index (χ0v) is 9.89. The molecule has 1 saturated carbocycles. The maximum Gasteiger partial charge on any atom is 0.130 e. The van der Waals surface area contributed by atoms with Crippen LogP contribution in [0, 0.1) is 5.82 Å². The number of halogens is 2. The molecule has 4 heteroatoms. The van der Waals surface area contributed by atoms with Crippen molar-refractivity contribution in [1.82, 2.24) is 5.32 Å². The first-order valence-electron chi connectivity index (χ1n) is 5.38. The molecule has 1 aliphatic rings. The summed E-state index contributed by atoms with van der Waals surface area (Å²) in [5, 5.41) is 13.4. The lowest BCUT2D eigenvalue weighted by atomic mass is 10.1. The van der Waals surface area contributed by atoms with Crippen LogP contribution in [0.4, 0.5) is 4.39 Å². The topological polar surface area (TPSA) is 32.3 Å². The molecule has 0 bridgehead atoms. The molecule has 0 aromatic heterocycles. The number of hydrogen-bond acceptors (Lipinski definition) is 2. The van der Waals surface area contributed by atoms with E-state index < -0.39 is 11.9 Å². The van der Waals surface area contributed by atoms with Gasteiger partial charge in [0.2, 0.25) is 0 Å². The van der Waals surface area contributed by atoms with E-state index in [1.54, 1.807) is 6.07 Å². The fraction of sp³-hybridized carbons (Fsp3) is 0.500. The van der Waals surface area contributed by atoms with Gasteiger partial charge in [-0.15, -0.1) is 0 Å². The van der Waals surface area contributed by atoms with Crippen LogP contribution in [0.1, 0.15) is 31.4 Å². The molecule has 0 unspecified atom stereocenters. The molecule has 2 rings (SSSR count). The quantitative estimate of drug-likeness (QED) is 0.852. The van der Waals surface area contributed by atoms with Crippen molar-refractivity contribution in [3.8, 4) is 0 Å². The first-order chi connectivity index (χ1) is 7.50. The molecule has 2 N–H and O–H groups in total. The normalized spacial score (nSPS) is 19.5. The molecule has 2 nitrogen and oxygen atoms in total. The Morgan fingerprint density at radius 3 is 2.81 bits per heavy atom. The van der Waals surface area contributed by atoms with Crippen LogP contribution in [0.2, 0.25) is 5.02 Å². The zero-order valence-electron chi connectivity index (χ0n) is 9.13. The van der Waals surface area contributed by atoms with Crippen LogP contribution in [0.25, 0.3) is 0 Å². The summed E-state index contributed by atoms with van der Waals surface area (Å²) >= 11 is 5.64. The molecular formula is C12H15ClFNO. The summed E-state index contributed by atoms with van der Waals surface area (Å²) in [4.78, 5) is 0. The molecule has 1 aromatic rings. The van der Waals surface area contributed by atoms with E-state index in [2.05, 4.69) is 12.2 Å². The molecule has 0 radical (unpaired) electrons. The van der Waals surface area contributed by atoms with Crippen LogP contribution in [0.5, 0.6) is 0 Å². The van der Waals surface area contributed by atoms with Crippen LogP contribution in [-0.4, -0.2) is 17.2 Å². The Morgan fingerprint density at radius 2 is 2.25 bits per heavy atom. The van der Waals surface area contributed by atoms with Gasteiger partial charge in [-0.2, -0.15) is 0 Å². The second-order valence-electron chi connectivity index (χ2n) is 4.62. The monoisotopic (exact) mass is 243 g/mol. The highest BCUT2D eigenvalue weighted by Crippen LogP contribution is 2.34. The van der Waals surface area contributed by atoms with Crippen molar-refractivity contribution >= 4 is 11.6 Å². The Morgan fingerprint density at radius 1 is 1.56 bits per heavy atom. The highest BCUT2D eigenvalue weighted by Gasteiger charge is 2.37. The second-order valence-corrected chi connectivity index (χ2v) is 5.06. The third kappa shape index (κ3) is 2.73. The number of aliphatic hydroxyl groups is 1. The Balaban J connectivity index is 1.99. The molecule has 0 amide bonds. The standard InChI is InChI=1S/C12H15ClFNO/c1-12(4-5-12)15-7-11(16)9-3-2-8(13)6-10(9)14/h2-3,6,11,15-16H,4-5,7H2,1H3/t11-/m1/s1. The minimum Gasteiger partial charge on any atom is -0.387 e. The minimum atomic E-state index is -0.824. The van der Waals surface area contributed by atoms with Crippen molar-refractivity contribution in [3.05, 3.63) is 34.6 Å². The van der Waals surface area contributed by atoms with Gasteiger partial charge in [-0.3, -0.25) is 0 Å². The first-order valence-corrected chi connectivity index (χ1v) is 5.76. The lowest BCUT2D eigenvalue weighted by molar-refractivity contribution is 0.164. The van der Waals surface area contributed by atoms with E-state index in [0.29, 0.717) is 17.1 Å². The van der Waals surface area contributed by atoms with Gasteiger partial charge in [-0.1, -0.05) is 17.7 Å². The Bertz CT molecular complexity index is 393. The van der Waals surface area contributed by atoms with E-state index in [0.717, 1.165) is 12.8 Å². The van der Waals surface area contributed by atoms with Gasteiger partial charge in [-0.05, 0) is 31.9 Å². The lowest BCUT2D eigenvalue weighted by Gasteiger charge is -2.16. The SMILES string of the molecule is CC1(NC[C@@H](O)c2ccc(Cl)cc2F)CC1. The van der Waals surface area contributed by atoms with Crippen LogP contribution in [-0.2, 0) is 0 Å². The lowest BCUT2D eigenvalue weighted by Crippen LogP contribution is -2.32. The molecule has 0 saturated heterocycles. The Labute approximate surface area is 99.4 Å². The minimum absolute atomic E-state index is 0.143. The van der Waals surface area contributed by atoms with E-state index in [1.807, 2.05) is 0 Å². The van der Waals surface area contributed by atoms with Gasteiger partial charge in [0.05, 0.1) is 6.10 Å². The Kier molecular flexibility index (Phi) is 3.19. The van der Waals surface area contributed by atoms with Gasteiger partial charge in [0.15, 0.2) is 0 Å². The van der Waals surface area contributed by atoms with E-state index in [-0.39, 0.29) is 5.54 Å². The fourth-order valence-electron chi connectivity index (χ4n) is 1.59. The summed E-state index contributed by atoms with van der Waals surface area (Å²) in [5.41, 5.74) is 0.435. The van der Waals surface area contributed by atoms with Gasteiger partial charge < -0.3 is 10.4 Å². The number of aliphatic hydroxyl groups excluding tert-OH is 1. The predicted molar refractivity (Wildman–Crippen MR) is 62.0 cm³/mol. The maximum atomic E-state index is 13.5. The third-order valence-corrected chi connectivity index (χ3v) is 3.28. The van der Waals surface area contributed by atoms with Gasteiger partial charge in [0, 0.05) is 22.7 Å². The van der Waals surface area contributed by atoms with Gasteiger partial charge in [0.1, 0.15) is 5.82 Å². The van der Waals surface area contributed by atoms with Crippen LogP contribution >= 0.6 is 11.6 Å². The highest BCUT2D eigenvalue weighted by atomic mass is 35.5. The summed E-state index contributed by atoms with van der Waals surface area (Å²) < 4.78 is 13.5. The predicted octanol–water partition coefficient (Wildman–Crippen LogP) is 2.65. The summed E-state index contributed by atoms with van der Waals surface area (Å²) in [7, 11) is 0. The fourth-order valence-corrected chi connectivity index (χ4v) is 1.75. The number of benzene rings is 1. The first kappa shape index (κ1) is 11.8. The van der Waals surface area contributed by atoms with E-state index >= 15 is 0 Å². The van der Waals surface area contributed by atoms with E-state index in [4.69, 9.17) is 11.6 Å². The molecule has 0 heterocycles. The summed E-state index contributed by atoms with van der Waals surface area (Å²) in [6.07, 6.45) is 1.40. The third-order valence-electron chi connectivity index (χ3n) is 3.04. The average Bonchev–Trinajstić information content (AvgIpc) is 2.94. The highest BCUT2D eigenvalue weighted by molar-refractivity contribution is 6.30. The van der Waals surface area contributed by atoms with Gasteiger partial charge >= 0.3 is 0 Å². The molecule has 16 heavy (non-hydrogen) atoms. The van der Waals surface area contributed by atoms with E-state index in [1.165, 1.54) is 12.1 Å². The largest absolute Gasteiger partial charge is 0.387 e. The molecule has 88 valence electrons. The van der Waals surface area contributed by atoms with Gasteiger partial charge in [0.25, 0.3) is 0 Å². The van der Waals surface area contributed by atoms with Crippen molar-refractivity contribution in [2.75, 3.05) is 6.54 Å². The zero-order chi connectivity index (χ0) is 11.8. The molecule has 0 aliphatic heterocycles. The Hall–Kier alpha value is -0.640. The number of rotatable bonds is 4. The number of hydrogen-bond donors (Lipinski definition) is 2. The van der Waals surface area contributed by atoms with Crippen molar-refractivity contribution in [1.29, 1.82) is 0 Å². The van der Waals surface area contributed by atoms with Crippen molar-refractivity contribution < 1.29 is 9.50 Å². The molecule has 0 spiro atoms. The van der Waals surface area contributed by atoms with Gasteiger partial charge in [-0.25, -0.2) is 4.39 Å². The summed E-state index contributed by atoms with van der Waals surface area (Å²) in [6.45, 7) is 2.47. The average molecular weight is 244 g/mol. The molecular weight excluding hydrogens is 229 g/mol. The van der Waals surface area contributed by atoms with Crippen LogP contribution in [0.3, 0.4) is 0 Å². The maximum absolute atomic E-state index is 13.5. The van der Waals surface area contributed by atoms with Crippen molar-refractivity contribution in [3.63, 3.8) is 0 Å². The molecule has 1 atom stereocenters. The van der Waals surface area contributed by atoms with Crippen LogP contribution in [0.15, 0.2) is 18.2 Å². The molecule has 1 aromatic carbocycles. The van der Waals surface area contributed by atoms with Crippen LogP contribution < -0.4 is 5.32 Å². The number of β-amino-alcohol motifs (C(OH)–C–C–N with tert-alkyl or cyclic N) is 1. The smallest absolute Gasteiger partial charge is 0.130 e. The second kappa shape index (κ2) is 4.32. The van der Waals surface area contributed by atoms with Crippen molar-refractivity contribution in [2.24, 2.45) is 0 Å².